The van der Waals surface area contributed by atoms with Crippen LogP contribution in [0.25, 0.3) is 0 Å². The van der Waals surface area contributed by atoms with Gasteiger partial charge in [-0.05, 0) is 47.0 Å². The van der Waals surface area contributed by atoms with Gasteiger partial charge in [-0.2, -0.15) is 0 Å². The number of hydrogen-bond donors (Lipinski definition) is 0. The molecule has 2 rings (SSSR count). The lowest BCUT2D eigenvalue weighted by molar-refractivity contribution is 0.396. The maximum Gasteiger partial charge on any atom is 0.0811 e. The Balaban J connectivity index is 2.15. The number of rotatable bonds is 2. The number of aryl methyl sites for hydroxylation is 2. The summed E-state index contributed by atoms with van der Waals surface area (Å²) in [6, 6.07) is 6.65. The summed E-state index contributed by atoms with van der Waals surface area (Å²) in [5.74, 6) is 0. The second-order valence-electron chi connectivity index (χ2n) is 4.23. The molecule has 1 nitrogen and oxygen atoms in total. The smallest absolute Gasteiger partial charge is 0.0811 e. The number of halogens is 1. The third-order valence-corrected chi connectivity index (χ3v) is 3.62. The standard InChI is InChI=1S/C14H16BrN/c1-11-6-7-13(12(2)9-11)10-16-8-4-3-5-14(16)15/h3-7,9H,8,10H2,1-2H3. The minimum Gasteiger partial charge on any atom is -0.358 e. The van der Waals surface area contributed by atoms with Crippen molar-refractivity contribution < 1.29 is 0 Å². The highest BCUT2D eigenvalue weighted by atomic mass is 79.9. The largest absolute Gasteiger partial charge is 0.358 e. The van der Waals surface area contributed by atoms with Gasteiger partial charge in [0, 0.05) is 13.1 Å². The van der Waals surface area contributed by atoms with E-state index in [1.807, 2.05) is 0 Å². The Hall–Kier alpha value is -1.02. The van der Waals surface area contributed by atoms with E-state index in [1.54, 1.807) is 0 Å². The molecule has 0 spiro atoms. The highest BCUT2D eigenvalue weighted by Gasteiger charge is 2.09. The lowest BCUT2D eigenvalue weighted by Gasteiger charge is -2.25. The van der Waals surface area contributed by atoms with Crippen LogP contribution in [0, 0.1) is 13.8 Å². The summed E-state index contributed by atoms with van der Waals surface area (Å²) in [4.78, 5) is 2.32. The van der Waals surface area contributed by atoms with Gasteiger partial charge in [0.1, 0.15) is 0 Å². The maximum absolute atomic E-state index is 3.59. The third kappa shape index (κ3) is 2.56. The predicted octanol–water partition coefficient (Wildman–Crippen LogP) is 3.91. The van der Waals surface area contributed by atoms with Gasteiger partial charge < -0.3 is 4.90 Å². The van der Waals surface area contributed by atoms with Gasteiger partial charge in [-0.1, -0.05) is 35.9 Å². The van der Waals surface area contributed by atoms with Crippen LogP contribution in [0.2, 0.25) is 0 Å². The average Bonchev–Trinajstić information content (AvgIpc) is 2.25. The van der Waals surface area contributed by atoms with E-state index >= 15 is 0 Å². The van der Waals surface area contributed by atoms with Crippen molar-refractivity contribution in [2.45, 2.75) is 20.4 Å². The van der Waals surface area contributed by atoms with Crippen molar-refractivity contribution in [1.82, 2.24) is 4.90 Å². The van der Waals surface area contributed by atoms with Gasteiger partial charge in [-0.25, -0.2) is 0 Å². The van der Waals surface area contributed by atoms with Crippen LogP contribution >= 0.6 is 15.9 Å². The molecule has 2 heteroatoms. The summed E-state index contributed by atoms with van der Waals surface area (Å²) in [5, 5.41) is 0. The molecule has 1 aliphatic rings. The van der Waals surface area contributed by atoms with Crippen molar-refractivity contribution in [3.05, 3.63) is 57.7 Å². The number of benzene rings is 1. The fraction of sp³-hybridized carbons (Fsp3) is 0.286. The van der Waals surface area contributed by atoms with Gasteiger partial charge in [-0.15, -0.1) is 0 Å². The van der Waals surface area contributed by atoms with Crippen molar-refractivity contribution >= 4 is 15.9 Å². The molecule has 0 saturated carbocycles. The predicted molar refractivity (Wildman–Crippen MR) is 72.5 cm³/mol. The van der Waals surface area contributed by atoms with Crippen LogP contribution in [0.1, 0.15) is 16.7 Å². The van der Waals surface area contributed by atoms with E-state index in [0.717, 1.165) is 17.7 Å². The fourth-order valence-electron chi connectivity index (χ4n) is 1.90. The minimum absolute atomic E-state index is 0.966. The third-order valence-electron chi connectivity index (χ3n) is 2.86. The lowest BCUT2D eigenvalue weighted by atomic mass is 10.1. The van der Waals surface area contributed by atoms with Gasteiger partial charge in [0.25, 0.3) is 0 Å². The molecule has 0 N–H and O–H groups in total. The van der Waals surface area contributed by atoms with E-state index in [4.69, 9.17) is 0 Å². The second kappa shape index (κ2) is 4.88. The normalized spacial score (nSPS) is 15.2. The molecule has 0 radical (unpaired) electrons. The van der Waals surface area contributed by atoms with E-state index in [-0.39, 0.29) is 0 Å². The lowest BCUT2D eigenvalue weighted by Crippen LogP contribution is -2.22. The first-order chi connectivity index (χ1) is 7.66. The Morgan fingerprint density at radius 2 is 2.12 bits per heavy atom. The summed E-state index contributed by atoms with van der Waals surface area (Å²) < 4.78 is 1.16. The molecular formula is C14H16BrN. The molecule has 0 atom stereocenters. The molecule has 0 bridgehead atoms. The summed E-state index contributed by atoms with van der Waals surface area (Å²) in [6.45, 7) is 6.26. The van der Waals surface area contributed by atoms with E-state index in [9.17, 15) is 0 Å². The summed E-state index contributed by atoms with van der Waals surface area (Å²) in [6.07, 6.45) is 6.35. The van der Waals surface area contributed by atoms with E-state index < -0.39 is 0 Å². The molecule has 0 amide bonds. The molecular weight excluding hydrogens is 262 g/mol. The Kier molecular flexibility index (Phi) is 3.49. The van der Waals surface area contributed by atoms with Crippen molar-refractivity contribution in [2.75, 3.05) is 6.54 Å². The summed E-state index contributed by atoms with van der Waals surface area (Å²) in [5.41, 5.74) is 4.09. The number of allylic oxidation sites excluding steroid dienone is 2. The number of hydrogen-bond acceptors (Lipinski definition) is 1. The molecule has 1 aliphatic heterocycles. The second-order valence-corrected chi connectivity index (χ2v) is 5.04. The molecule has 1 aromatic rings. The molecule has 1 aromatic carbocycles. The van der Waals surface area contributed by atoms with Crippen LogP contribution in [0.15, 0.2) is 41.0 Å². The fourth-order valence-corrected chi connectivity index (χ4v) is 2.32. The van der Waals surface area contributed by atoms with Crippen molar-refractivity contribution in [3.63, 3.8) is 0 Å². The highest BCUT2D eigenvalue weighted by molar-refractivity contribution is 9.11. The van der Waals surface area contributed by atoms with Gasteiger partial charge in [0.15, 0.2) is 0 Å². The van der Waals surface area contributed by atoms with Crippen LogP contribution in [-0.2, 0) is 6.54 Å². The average molecular weight is 278 g/mol. The summed E-state index contributed by atoms with van der Waals surface area (Å²) >= 11 is 3.59. The zero-order valence-electron chi connectivity index (χ0n) is 9.70. The molecule has 0 aliphatic carbocycles. The first kappa shape index (κ1) is 11.5. The van der Waals surface area contributed by atoms with Crippen LogP contribution in [0.5, 0.6) is 0 Å². The molecule has 16 heavy (non-hydrogen) atoms. The first-order valence-corrected chi connectivity index (χ1v) is 6.29. The molecule has 0 fully saturated rings. The van der Waals surface area contributed by atoms with Crippen LogP contribution in [-0.4, -0.2) is 11.4 Å². The van der Waals surface area contributed by atoms with Crippen molar-refractivity contribution in [1.29, 1.82) is 0 Å². The van der Waals surface area contributed by atoms with Gasteiger partial charge in [-0.3, -0.25) is 0 Å². The Morgan fingerprint density at radius 3 is 2.81 bits per heavy atom. The Morgan fingerprint density at radius 1 is 1.31 bits per heavy atom. The Bertz CT molecular complexity index is 446. The first-order valence-electron chi connectivity index (χ1n) is 5.50. The summed E-state index contributed by atoms with van der Waals surface area (Å²) in [7, 11) is 0. The molecule has 1 heterocycles. The SMILES string of the molecule is Cc1ccc(CN2CC=CC=C2Br)c(C)c1. The maximum atomic E-state index is 3.59. The van der Waals surface area contributed by atoms with Gasteiger partial charge in [0.2, 0.25) is 0 Å². The molecule has 0 saturated heterocycles. The topological polar surface area (TPSA) is 3.24 Å². The number of nitrogens with zero attached hydrogens (tertiary/aromatic N) is 1. The monoisotopic (exact) mass is 277 g/mol. The molecule has 84 valence electrons. The molecule has 0 aromatic heterocycles. The van der Waals surface area contributed by atoms with Crippen LogP contribution in [0.3, 0.4) is 0 Å². The van der Waals surface area contributed by atoms with Crippen LogP contribution in [0.4, 0.5) is 0 Å². The quantitative estimate of drug-likeness (QED) is 0.741. The van der Waals surface area contributed by atoms with E-state index in [2.05, 4.69) is 71.1 Å². The Labute approximate surface area is 106 Å². The molecule has 0 unspecified atom stereocenters. The highest BCUT2D eigenvalue weighted by Crippen LogP contribution is 2.21. The van der Waals surface area contributed by atoms with E-state index in [0.29, 0.717) is 0 Å². The minimum atomic E-state index is 0.966. The van der Waals surface area contributed by atoms with Crippen LogP contribution < -0.4 is 0 Å². The van der Waals surface area contributed by atoms with Crippen molar-refractivity contribution in [3.8, 4) is 0 Å². The van der Waals surface area contributed by atoms with Gasteiger partial charge >= 0.3 is 0 Å². The van der Waals surface area contributed by atoms with E-state index in [1.165, 1.54) is 16.7 Å². The zero-order valence-corrected chi connectivity index (χ0v) is 11.3. The zero-order chi connectivity index (χ0) is 11.5. The van der Waals surface area contributed by atoms with Gasteiger partial charge in [0.05, 0.1) is 4.61 Å². The van der Waals surface area contributed by atoms with Crippen molar-refractivity contribution in [2.24, 2.45) is 0 Å².